The maximum atomic E-state index is 10.5. The number of para-hydroxylation sites is 2. The zero-order chi connectivity index (χ0) is 18.8. The molecule has 1 heterocycles. The monoisotopic (exact) mass is 358 g/mol. The van der Waals surface area contributed by atoms with E-state index in [0.717, 1.165) is 39.4 Å². The minimum absolute atomic E-state index is 0.776. The van der Waals surface area contributed by atoms with E-state index >= 15 is 0 Å². The van der Waals surface area contributed by atoms with Crippen LogP contribution in [0.15, 0.2) is 72.8 Å². The van der Waals surface area contributed by atoms with Crippen LogP contribution in [-0.2, 0) is 0 Å². The van der Waals surface area contributed by atoms with Crippen molar-refractivity contribution >= 4 is 22.4 Å². The van der Waals surface area contributed by atoms with Gasteiger partial charge in [0.25, 0.3) is 0 Å². The van der Waals surface area contributed by atoms with Crippen LogP contribution in [0.3, 0.4) is 0 Å². The summed E-state index contributed by atoms with van der Waals surface area (Å²) in [6.07, 6.45) is -0.776. The first-order valence-corrected chi connectivity index (χ1v) is 8.87. The van der Waals surface area contributed by atoms with Crippen LogP contribution >= 0.6 is 0 Å². The molecule has 1 aromatic heterocycles. The lowest BCUT2D eigenvalue weighted by Gasteiger charge is -2.18. The van der Waals surface area contributed by atoms with Gasteiger partial charge in [-0.3, -0.25) is 0 Å². The van der Waals surface area contributed by atoms with Gasteiger partial charge in [-0.05, 0) is 48.5 Å². The fraction of sp³-hybridized carbons (Fsp3) is 0.136. The summed E-state index contributed by atoms with van der Waals surface area (Å²) in [6, 6.07) is 23.7. The number of aromatic amines is 1. The third-order valence-electron chi connectivity index (χ3n) is 4.55. The molecule has 0 amide bonds. The number of imidazole rings is 1. The number of aliphatic hydroxyl groups is 1. The Bertz CT molecular complexity index is 1020. The number of hydrogen-bond donors (Lipinski definition) is 3. The van der Waals surface area contributed by atoms with Gasteiger partial charge in [0, 0.05) is 36.6 Å². The molecule has 1 atom stereocenters. The smallest absolute Gasteiger partial charge is 0.150 e. The summed E-state index contributed by atoms with van der Waals surface area (Å²) >= 11 is 0. The van der Waals surface area contributed by atoms with Crippen LogP contribution in [0.25, 0.3) is 22.4 Å². The molecule has 1 unspecified atom stereocenters. The number of aromatic nitrogens is 2. The van der Waals surface area contributed by atoms with Crippen molar-refractivity contribution in [3.05, 3.63) is 78.4 Å². The molecule has 0 aliphatic rings. The summed E-state index contributed by atoms with van der Waals surface area (Å²) in [5, 5.41) is 13.6. The maximum Gasteiger partial charge on any atom is 0.150 e. The molecule has 0 fully saturated rings. The molecule has 5 nitrogen and oxygen atoms in total. The molecular formula is C22H22N4O. The SMILES string of the molecule is CN(C)c1cccc(C(O)Nc2ccc(-c3nc4ccccc4[nH]3)cc2)c1. The van der Waals surface area contributed by atoms with Crippen molar-refractivity contribution in [2.45, 2.75) is 6.23 Å². The van der Waals surface area contributed by atoms with Crippen LogP contribution in [0, 0.1) is 0 Å². The topological polar surface area (TPSA) is 64.2 Å². The summed E-state index contributed by atoms with van der Waals surface area (Å²) in [7, 11) is 3.96. The zero-order valence-corrected chi connectivity index (χ0v) is 15.3. The van der Waals surface area contributed by atoms with Crippen molar-refractivity contribution in [2.75, 3.05) is 24.3 Å². The molecule has 0 saturated carbocycles. The van der Waals surface area contributed by atoms with Crippen molar-refractivity contribution in [1.29, 1.82) is 0 Å². The minimum atomic E-state index is -0.776. The van der Waals surface area contributed by atoms with E-state index in [1.54, 1.807) is 0 Å². The summed E-state index contributed by atoms with van der Waals surface area (Å²) in [5.74, 6) is 0.835. The number of nitrogens with one attached hydrogen (secondary N) is 2. The molecule has 136 valence electrons. The van der Waals surface area contributed by atoms with E-state index in [0.29, 0.717) is 0 Å². The highest BCUT2D eigenvalue weighted by atomic mass is 16.3. The van der Waals surface area contributed by atoms with Gasteiger partial charge in [0.2, 0.25) is 0 Å². The molecule has 5 heteroatoms. The average Bonchev–Trinajstić information content (AvgIpc) is 3.13. The van der Waals surface area contributed by atoms with Gasteiger partial charge in [-0.1, -0.05) is 24.3 Å². The van der Waals surface area contributed by atoms with Crippen LogP contribution in [0.5, 0.6) is 0 Å². The van der Waals surface area contributed by atoms with Crippen molar-refractivity contribution < 1.29 is 5.11 Å². The van der Waals surface area contributed by atoms with Gasteiger partial charge < -0.3 is 20.3 Å². The standard InChI is InChI=1S/C22H22N4O/c1-26(2)18-7-5-6-16(14-18)22(27)23-17-12-10-15(11-13-17)21-24-19-8-3-4-9-20(19)25-21/h3-14,22-23,27H,1-2H3,(H,24,25). The van der Waals surface area contributed by atoms with Crippen LogP contribution in [-0.4, -0.2) is 29.2 Å². The van der Waals surface area contributed by atoms with E-state index in [4.69, 9.17) is 0 Å². The summed E-state index contributed by atoms with van der Waals surface area (Å²) < 4.78 is 0. The Balaban J connectivity index is 1.51. The average molecular weight is 358 g/mol. The van der Waals surface area contributed by atoms with Crippen LogP contribution in [0.1, 0.15) is 11.8 Å². The Labute approximate surface area is 158 Å². The van der Waals surface area contributed by atoms with Gasteiger partial charge in [-0.25, -0.2) is 4.98 Å². The van der Waals surface area contributed by atoms with Gasteiger partial charge in [0.15, 0.2) is 6.23 Å². The quantitative estimate of drug-likeness (QED) is 0.463. The number of benzene rings is 3. The number of hydrogen-bond acceptors (Lipinski definition) is 4. The number of H-pyrrole nitrogens is 1. The van der Waals surface area contributed by atoms with Gasteiger partial charge in [-0.15, -0.1) is 0 Å². The Morgan fingerprint density at radius 2 is 1.74 bits per heavy atom. The van der Waals surface area contributed by atoms with Crippen LogP contribution in [0.4, 0.5) is 11.4 Å². The lowest BCUT2D eigenvalue weighted by molar-refractivity contribution is 0.208. The third-order valence-corrected chi connectivity index (χ3v) is 4.55. The van der Waals surface area contributed by atoms with Gasteiger partial charge >= 0.3 is 0 Å². The fourth-order valence-electron chi connectivity index (χ4n) is 3.03. The number of aliphatic hydroxyl groups excluding tert-OH is 1. The van der Waals surface area contributed by atoms with E-state index in [9.17, 15) is 5.11 Å². The second-order valence-electron chi connectivity index (χ2n) is 6.72. The Hall–Kier alpha value is -3.31. The summed E-state index contributed by atoms with van der Waals surface area (Å²) in [5.41, 5.74) is 5.69. The third kappa shape index (κ3) is 3.64. The summed E-state index contributed by atoms with van der Waals surface area (Å²) in [4.78, 5) is 9.96. The first-order valence-electron chi connectivity index (χ1n) is 8.87. The van der Waals surface area contributed by atoms with Gasteiger partial charge in [-0.2, -0.15) is 0 Å². The molecule has 27 heavy (non-hydrogen) atoms. The second-order valence-corrected chi connectivity index (χ2v) is 6.72. The molecule has 0 bridgehead atoms. The molecule has 0 spiro atoms. The first-order chi connectivity index (χ1) is 13.1. The Kier molecular flexibility index (Phi) is 4.52. The van der Waals surface area contributed by atoms with Crippen molar-refractivity contribution in [2.24, 2.45) is 0 Å². The van der Waals surface area contributed by atoms with E-state index in [2.05, 4.69) is 15.3 Å². The van der Waals surface area contributed by atoms with E-state index in [1.807, 2.05) is 91.8 Å². The lowest BCUT2D eigenvalue weighted by Crippen LogP contribution is -2.12. The number of nitrogens with zero attached hydrogens (tertiary/aromatic N) is 2. The number of fused-ring (bicyclic) bond motifs is 1. The normalized spacial score (nSPS) is 12.1. The minimum Gasteiger partial charge on any atom is -0.378 e. The Morgan fingerprint density at radius 3 is 2.48 bits per heavy atom. The fourth-order valence-corrected chi connectivity index (χ4v) is 3.03. The molecule has 3 aromatic carbocycles. The van der Waals surface area contributed by atoms with Gasteiger partial charge in [0.05, 0.1) is 11.0 Å². The molecule has 4 aromatic rings. The predicted molar refractivity (Wildman–Crippen MR) is 111 cm³/mol. The largest absolute Gasteiger partial charge is 0.378 e. The van der Waals surface area contributed by atoms with Crippen molar-refractivity contribution in [3.63, 3.8) is 0 Å². The van der Waals surface area contributed by atoms with Crippen molar-refractivity contribution in [1.82, 2.24) is 9.97 Å². The molecule has 4 rings (SSSR count). The molecule has 0 aliphatic carbocycles. The zero-order valence-electron chi connectivity index (χ0n) is 15.3. The highest BCUT2D eigenvalue weighted by molar-refractivity contribution is 5.79. The molecule has 0 saturated heterocycles. The maximum absolute atomic E-state index is 10.5. The molecule has 3 N–H and O–H groups in total. The molecular weight excluding hydrogens is 336 g/mol. The highest BCUT2D eigenvalue weighted by Crippen LogP contribution is 2.25. The number of anilines is 2. The Morgan fingerprint density at radius 1 is 0.963 bits per heavy atom. The summed E-state index contributed by atoms with van der Waals surface area (Å²) in [6.45, 7) is 0. The molecule has 0 aliphatic heterocycles. The molecule has 0 radical (unpaired) electrons. The second kappa shape index (κ2) is 7.13. The van der Waals surface area contributed by atoms with Crippen molar-refractivity contribution in [3.8, 4) is 11.4 Å². The number of rotatable bonds is 5. The highest BCUT2D eigenvalue weighted by Gasteiger charge is 2.10. The van der Waals surface area contributed by atoms with Crippen LogP contribution in [0.2, 0.25) is 0 Å². The lowest BCUT2D eigenvalue weighted by atomic mass is 10.1. The van der Waals surface area contributed by atoms with E-state index in [-0.39, 0.29) is 0 Å². The first kappa shape index (κ1) is 17.1. The van der Waals surface area contributed by atoms with E-state index < -0.39 is 6.23 Å². The van der Waals surface area contributed by atoms with Gasteiger partial charge in [0.1, 0.15) is 5.82 Å². The van der Waals surface area contributed by atoms with Crippen LogP contribution < -0.4 is 10.2 Å². The van der Waals surface area contributed by atoms with E-state index in [1.165, 1.54) is 0 Å². The predicted octanol–water partition coefficient (Wildman–Crippen LogP) is 4.40.